The van der Waals surface area contributed by atoms with Crippen molar-refractivity contribution in [3.8, 4) is 0 Å². The Hall–Kier alpha value is -2.59. The Bertz CT molecular complexity index is 964. The number of unbranched alkanes of at least 4 members (excludes halogenated alkanes) is 1. The molecule has 0 bridgehead atoms. The van der Waals surface area contributed by atoms with Crippen LogP contribution in [0.1, 0.15) is 26.7 Å². The largest absolute Gasteiger partial charge is 0.353 e. The zero-order valence-electron chi connectivity index (χ0n) is 18.7. The van der Waals surface area contributed by atoms with Crippen molar-refractivity contribution in [3.05, 3.63) is 41.3 Å². The molecule has 3 rings (SSSR count). The van der Waals surface area contributed by atoms with Crippen molar-refractivity contribution in [2.24, 2.45) is 0 Å². The number of halogens is 2. The fourth-order valence-electron chi connectivity index (χ4n) is 3.41. The van der Waals surface area contributed by atoms with Crippen molar-refractivity contribution in [3.63, 3.8) is 0 Å². The van der Waals surface area contributed by atoms with E-state index in [0.29, 0.717) is 42.8 Å². The molecule has 1 aliphatic heterocycles. The van der Waals surface area contributed by atoms with Gasteiger partial charge in [-0.05, 0) is 37.6 Å². The first kappa shape index (κ1) is 25.0. The van der Waals surface area contributed by atoms with E-state index in [1.807, 2.05) is 11.8 Å². The zero-order valence-corrected chi connectivity index (χ0v) is 20.3. The predicted molar refractivity (Wildman–Crippen MR) is 129 cm³/mol. The number of piperazine rings is 1. The molecule has 1 aliphatic rings. The van der Waals surface area contributed by atoms with Crippen molar-refractivity contribution in [2.75, 3.05) is 42.1 Å². The van der Waals surface area contributed by atoms with Gasteiger partial charge in [0.1, 0.15) is 16.8 Å². The van der Waals surface area contributed by atoms with E-state index in [4.69, 9.17) is 11.6 Å². The molecule has 1 saturated heterocycles. The van der Waals surface area contributed by atoms with Crippen LogP contribution in [0.2, 0.25) is 5.15 Å². The summed E-state index contributed by atoms with van der Waals surface area (Å²) in [6.45, 7) is 6.58. The zero-order chi connectivity index (χ0) is 23.8. The fourth-order valence-corrected chi connectivity index (χ4v) is 4.29. The van der Waals surface area contributed by atoms with Gasteiger partial charge in [0.05, 0.1) is 5.75 Å². The molecule has 11 heteroatoms. The van der Waals surface area contributed by atoms with E-state index in [9.17, 15) is 14.0 Å². The van der Waals surface area contributed by atoms with Gasteiger partial charge in [-0.3, -0.25) is 4.79 Å². The average Bonchev–Trinajstić information content (AvgIpc) is 2.79. The van der Waals surface area contributed by atoms with E-state index >= 15 is 0 Å². The number of carbonyl (C=O) groups excluding carboxylic acids is 2. The number of urea groups is 1. The van der Waals surface area contributed by atoms with Crippen molar-refractivity contribution < 1.29 is 14.0 Å². The van der Waals surface area contributed by atoms with Gasteiger partial charge in [0.15, 0.2) is 5.16 Å². The molecule has 2 aromatic rings. The number of thioether (sulfide) groups is 1. The van der Waals surface area contributed by atoms with E-state index in [2.05, 4.69) is 32.4 Å². The molecule has 2 N–H and O–H groups in total. The quantitative estimate of drug-likeness (QED) is 0.249. The highest BCUT2D eigenvalue weighted by molar-refractivity contribution is 7.99. The van der Waals surface area contributed by atoms with Crippen LogP contribution in [0.4, 0.5) is 20.7 Å². The number of carbonyl (C=O) groups is 2. The Morgan fingerprint density at radius 3 is 2.70 bits per heavy atom. The standard InChI is InChI=1S/C22H28ClFN6O2S/c1-3-4-9-25-22(32)30-11-10-29(13-15(30)2)19-12-18(23)27-21(28-19)33-14-20(31)26-17-7-5-16(24)6-8-17/h5-8,12,15H,3-4,9-11,13-14H2,1-2H3,(H,25,32)(H,26,31). The maximum atomic E-state index is 13.0. The monoisotopic (exact) mass is 494 g/mol. The van der Waals surface area contributed by atoms with Crippen molar-refractivity contribution in [2.45, 2.75) is 37.9 Å². The van der Waals surface area contributed by atoms with Crippen molar-refractivity contribution >= 4 is 46.8 Å². The highest BCUT2D eigenvalue weighted by Gasteiger charge is 2.28. The number of aromatic nitrogens is 2. The minimum atomic E-state index is -0.366. The molecule has 0 spiro atoms. The Kier molecular flexibility index (Phi) is 9.13. The molecular formula is C22H28ClFN6O2S. The molecule has 1 aromatic carbocycles. The minimum Gasteiger partial charge on any atom is -0.353 e. The number of anilines is 2. The molecule has 178 valence electrons. The Labute approximate surface area is 202 Å². The van der Waals surface area contributed by atoms with Gasteiger partial charge in [0, 0.05) is 44.0 Å². The predicted octanol–water partition coefficient (Wildman–Crippen LogP) is 4.02. The second-order valence-corrected chi connectivity index (χ2v) is 9.08. The minimum absolute atomic E-state index is 0.00621. The third-order valence-electron chi connectivity index (χ3n) is 5.14. The lowest BCUT2D eigenvalue weighted by Crippen LogP contribution is -2.56. The summed E-state index contributed by atoms with van der Waals surface area (Å²) < 4.78 is 13.0. The number of hydrogen-bond donors (Lipinski definition) is 2. The van der Waals surface area contributed by atoms with Gasteiger partial charge in [-0.25, -0.2) is 19.2 Å². The van der Waals surface area contributed by atoms with E-state index in [0.717, 1.165) is 12.8 Å². The van der Waals surface area contributed by atoms with Crippen LogP contribution < -0.4 is 15.5 Å². The highest BCUT2D eigenvalue weighted by Crippen LogP contribution is 2.24. The van der Waals surface area contributed by atoms with Gasteiger partial charge in [-0.1, -0.05) is 36.7 Å². The van der Waals surface area contributed by atoms with Crippen LogP contribution in [-0.2, 0) is 4.79 Å². The summed E-state index contributed by atoms with van der Waals surface area (Å²) in [7, 11) is 0. The third-order valence-corrected chi connectivity index (χ3v) is 6.18. The topological polar surface area (TPSA) is 90.5 Å². The van der Waals surface area contributed by atoms with Crippen LogP contribution in [0.5, 0.6) is 0 Å². The number of amides is 3. The van der Waals surface area contributed by atoms with Gasteiger partial charge in [-0.2, -0.15) is 0 Å². The van der Waals surface area contributed by atoms with Crippen molar-refractivity contribution in [1.29, 1.82) is 0 Å². The number of hydrogen-bond acceptors (Lipinski definition) is 6. The lowest BCUT2D eigenvalue weighted by Gasteiger charge is -2.40. The summed E-state index contributed by atoms with van der Waals surface area (Å²) in [6.07, 6.45) is 1.99. The maximum Gasteiger partial charge on any atom is 0.317 e. The molecule has 3 amide bonds. The van der Waals surface area contributed by atoms with Crippen molar-refractivity contribution in [1.82, 2.24) is 20.2 Å². The van der Waals surface area contributed by atoms with E-state index in [1.165, 1.54) is 36.0 Å². The van der Waals surface area contributed by atoms with Crippen LogP contribution in [0.25, 0.3) is 0 Å². The van der Waals surface area contributed by atoms with E-state index in [1.54, 1.807) is 6.07 Å². The number of benzene rings is 1. The summed E-state index contributed by atoms with van der Waals surface area (Å²) in [5.41, 5.74) is 0.514. The molecule has 8 nitrogen and oxygen atoms in total. The fraction of sp³-hybridized carbons (Fsp3) is 0.455. The molecule has 0 aliphatic carbocycles. The maximum absolute atomic E-state index is 13.0. The summed E-state index contributed by atoms with van der Waals surface area (Å²) in [6, 6.07) is 7.21. The molecule has 1 unspecified atom stereocenters. The van der Waals surface area contributed by atoms with Crippen LogP contribution in [0.3, 0.4) is 0 Å². The first-order chi connectivity index (χ1) is 15.9. The molecule has 1 fully saturated rings. The lowest BCUT2D eigenvalue weighted by molar-refractivity contribution is -0.113. The van der Waals surface area contributed by atoms with Crippen LogP contribution in [-0.4, -0.2) is 64.8 Å². The summed E-state index contributed by atoms with van der Waals surface area (Å²) in [5.74, 6) is 0.121. The summed E-state index contributed by atoms with van der Waals surface area (Å²) in [4.78, 5) is 37.3. The summed E-state index contributed by atoms with van der Waals surface area (Å²) in [5, 5.41) is 6.34. The number of nitrogens with one attached hydrogen (secondary N) is 2. The van der Waals surface area contributed by atoms with E-state index < -0.39 is 0 Å². The first-order valence-corrected chi connectivity index (χ1v) is 12.2. The lowest BCUT2D eigenvalue weighted by atomic mass is 10.2. The second-order valence-electron chi connectivity index (χ2n) is 7.75. The average molecular weight is 495 g/mol. The van der Waals surface area contributed by atoms with Gasteiger partial charge >= 0.3 is 6.03 Å². The molecule has 33 heavy (non-hydrogen) atoms. The van der Waals surface area contributed by atoms with Crippen LogP contribution >= 0.6 is 23.4 Å². The van der Waals surface area contributed by atoms with E-state index in [-0.39, 0.29) is 34.7 Å². The Morgan fingerprint density at radius 2 is 2.00 bits per heavy atom. The third kappa shape index (κ3) is 7.46. The van der Waals surface area contributed by atoms with Crippen LogP contribution in [0.15, 0.2) is 35.5 Å². The Morgan fingerprint density at radius 1 is 1.24 bits per heavy atom. The van der Waals surface area contributed by atoms with Gasteiger partial charge in [0.2, 0.25) is 5.91 Å². The SMILES string of the molecule is CCCCNC(=O)N1CCN(c2cc(Cl)nc(SCC(=O)Nc3ccc(F)cc3)n2)CC1C. The second kappa shape index (κ2) is 12.0. The first-order valence-electron chi connectivity index (χ1n) is 10.9. The number of nitrogens with zero attached hydrogens (tertiary/aromatic N) is 4. The van der Waals surface area contributed by atoms with Gasteiger partial charge in [-0.15, -0.1) is 0 Å². The molecule has 1 aromatic heterocycles. The smallest absolute Gasteiger partial charge is 0.317 e. The molecule has 0 radical (unpaired) electrons. The molecule has 2 heterocycles. The molecular weight excluding hydrogens is 467 g/mol. The van der Waals surface area contributed by atoms with Gasteiger partial charge in [0.25, 0.3) is 0 Å². The summed E-state index contributed by atoms with van der Waals surface area (Å²) >= 11 is 7.38. The van der Waals surface area contributed by atoms with Gasteiger partial charge < -0.3 is 20.4 Å². The molecule has 1 atom stereocenters. The highest BCUT2D eigenvalue weighted by atomic mass is 35.5. The number of rotatable bonds is 8. The normalized spacial score (nSPS) is 15.9. The van der Waals surface area contributed by atoms with Crippen LogP contribution in [0, 0.1) is 5.82 Å². The Balaban J connectivity index is 1.56. The molecule has 0 saturated carbocycles.